The Bertz CT molecular complexity index is 1440. The average molecular weight is 470 g/mol. The summed E-state index contributed by atoms with van der Waals surface area (Å²) in [5, 5.41) is 9.92. The van der Waals surface area contributed by atoms with Gasteiger partial charge in [-0.15, -0.1) is 34.0 Å². The molecule has 0 bridgehead atoms. The Morgan fingerprint density at radius 2 is 1.94 bits per heavy atom. The lowest BCUT2D eigenvalue weighted by molar-refractivity contribution is -0.136. The van der Waals surface area contributed by atoms with Crippen LogP contribution >= 0.6 is 34.0 Å². The molecule has 1 atom stereocenters. The zero-order valence-corrected chi connectivity index (χ0v) is 19.5. The maximum Gasteiger partial charge on any atom is 0.338 e. The van der Waals surface area contributed by atoms with Crippen LogP contribution in [0.3, 0.4) is 0 Å². The molecule has 1 aliphatic rings. The van der Waals surface area contributed by atoms with E-state index >= 15 is 0 Å². The predicted molar refractivity (Wildman–Crippen MR) is 125 cm³/mol. The first kappa shape index (κ1) is 21.3. The maximum atomic E-state index is 13.2. The van der Waals surface area contributed by atoms with Crippen molar-refractivity contribution < 1.29 is 9.53 Å². The van der Waals surface area contributed by atoms with Gasteiger partial charge in [0.05, 0.1) is 34.3 Å². The Balaban J connectivity index is 2.10. The van der Waals surface area contributed by atoms with Crippen molar-refractivity contribution in [2.75, 3.05) is 6.61 Å². The molecule has 0 aromatic carbocycles. The molecule has 0 aliphatic carbocycles. The van der Waals surface area contributed by atoms with Crippen LogP contribution in [0.5, 0.6) is 0 Å². The number of carbonyl (C=O) groups is 1. The second-order valence-corrected chi connectivity index (χ2v) is 10.6. The van der Waals surface area contributed by atoms with Gasteiger partial charge in [0, 0.05) is 19.5 Å². The highest BCUT2D eigenvalue weighted by molar-refractivity contribution is 7.13. The van der Waals surface area contributed by atoms with Crippen molar-refractivity contribution in [2.24, 2.45) is 5.73 Å². The highest BCUT2D eigenvalue weighted by Gasteiger charge is 2.37. The third-order valence-electron chi connectivity index (χ3n) is 4.84. The predicted octanol–water partition coefficient (Wildman–Crippen LogP) is 2.64. The topological polar surface area (TPSA) is 98.1 Å². The lowest BCUT2D eigenvalue weighted by Crippen LogP contribution is -2.40. The van der Waals surface area contributed by atoms with Crippen LogP contribution in [0, 0.1) is 25.2 Å². The molecule has 0 saturated carbocycles. The van der Waals surface area contributed by atoms with Gasteiger partial charge in [-0.1, -0.05) is 0 Å². The van der Waals surface area contributed by atoms with E-state index in [2.05, 4.69) is 6.07 Å². The quantitative estimate of drug-likeness (QED) is 0.593. The van der Waals surface area contributed by atoms with Gasteiger partial charge < -0.3 is 10.5 Å². The number of ether oxygens (including phenoxy) is 1. The maximum absolute atomic E-state index is 13.2. The molecule has 6 nitrogen and oxygen atoms in total. The highest BCUT2D eigenvalue weighted by atomic mass is 32.1. The molecule has 0 amide bonds. The van der Waals surface area contributed by atoms with Gasteiger partial charge in [0.25, 0.3) is 5.56 Å². The number of hydrogen-bond acceptors (Lipinski definition) is 8. The summed E-state index contributed by atoms with van der Waals surface area (Å²) in [7, 11) is 0. The fourth-order valence-corrected chi connectivity index (χ4v) is 6.56. The van der Waals surface area contributed by atoms with Crippen LogP contribution < -0.4 is 20.5 Å². The fourth-order valence-electron chi connectivity index (χ4n) is 3.51. The Labute approximate surface area is 190 Å². The van der Waals surface area contributed by atoms with Crippen LogP contribution in [0.25, 0.3) is 17.5 Å². The van der Waals surface area contributed by atoms with Crippen molar-refractivity contribution in [1.82, 2.24) is 4.57 Å². The standard InChI is InChI=1S/C22H19N3O3S3/c1-4-28-22(27)18-17(15-8-6-12(3)30-15)14(10-23)19(24)25-20(26)16(31-21(18)25)9-13-7-5-11(2)29-13/h5-9,17H,4,24H2,1-3H3/b16-9+/t17-/m1/s1. The number of nitrogens with two attached hydrogens (primary N) is 1. The molecule has 0 spiro atoms. The Morgan fingerprint density at radius 1 is 1.23 bits per heavy atom. The SMILES string of the molecule is CCOC(=O)C1=c2s/c(=C/c3ccc(C)s3)c(=O)n2C(N)=C(C#N)[C@@H]1c1ccc(C)s1. The summed E-state index contributed by atoms with van der Waals surface area (Å²) in [6.07, 6.45) is 1.79. The molecule has 1 aliphatic heterocycles. The van der Waals surface area contributed by atoms with E-state index in [9.17, 15) is 14.9 Å². The van der Waals surface area contributed by atoms with E-state index in [1.54, 1.807) is 24.3 Å². The summed E-state index contributed by atoms with van der Waals surface area (Å²) in [4.78, 5) is 30.2. The molecule has 9 heteroatoms. The molecule has 3 aromatic rings. The molecule has 3 aromatic heterocycles. The third kappa shape index (κ3) is 3.67. The van der Waals surface area contributed by atoms with Crippen molar-refractivity contribution >= 4 is 57.4 Å². The lowest BCUT2D eigenvalue weighted by Gasteiger charge is -2.23. The van der Waals surface area contributed by atoms with E-state index in [-0.39, 0.29) is 29.1 Å². The first-order valence-corrected chi connectivity index (χ1v) is 12.0. The van der Waals surface area contributed by atoms with Crippen LogP contribution in [0.15, 0.2) is 34.6 Å². The number of aryl methyl sites for hydroxylation is 2. The van der Waals surface area contributed by atoms with E-state index in [0.717, 1.165) is 19.5 Å². The van der Waals surface area contributed by atoms with E-state index in [1.165, 1.54) is 27.2 Å². The Kier molecular flexibility index (Phi) is 5.71. The van der Waals surface area contributed by atoms with Crippen molar-refractivity contribution in [3.63, 3.8) is 0 Å². The third-order valence-corrected chi connectivity index (χ3v) is 7.97. The molecule has 4 heterocycles. The van der Waals surface area contributed by atoms with Crippen LogP contribution in [0.4, 0.5) is 0 Å². The van der Waals surface area contributed by atoms with Gasteiger partial charge in [0.2, 0.25) is 0 Å². The Hall–Kier alpha value is -2.93. The van der Waals surface area contributed by atoms with E-state index < -0.39 is 11.9 Å². The normalized spacial score (nSPS) is 16.4. The minimum atomic E-state index is -0.669. The largest absolute Gasteiger partial charge is 0.463 e. The van der Waals surface area contributed by atoms with Gasteiger partial charge in [-0.05, 0) is 51.1 Å². The molecule has 2 N–H and O–H groups in total. The van der Waals surface area contributed by atoms with Crippen molar-refractivity contribution in [3.05, 3.63) is 68.9 Å². The van der Waals surface area contributed by atoms with Crippen LogP contribution in [-0.2, 0) is 9.53 Å². The number of rotatable bonds is 4. The molecule has 0 saturated heterocycles. The lowest BCUT2D eigenvalue weighted by atomic mass is 9.88. The monoisotopic (exact) mass is 469 g/mol. The first-order valence-electron chi connectivity index (χ1n) is 9.53. The zero-order chi connectivity index (χ0) is 22.3. The number of aromatic nitrogens is 1. The first-order chi connectivity index (χ1) is 14.8. The number of fused-ring (bicyclic) bond motifs is 1. The summed E-state index contributed by atoms with van der Waals surface area (Å²) in [5.41, 5.74) is 6.44. The molecule has 4 rings (SSSR count). The number of allylic oxidation sites excluding steroid dienone is 1. The number of nitrogens with zero attached hydrogens (tertiary/aromatic N) is 2. The number of hydrogen-bond donors (Lipinski definition) is 1. The number of thiazole rings is 1. The minimum Gasteiger partial charge on any atom is -0.463 e. The van der Waals surface area contributed by atoms with Crippen molar-refractivity contribution in [2.45, 2.75) is 26.7 Å². The van der Waals surface area contributed by atoms with E-state index in [0.29, 0.717) is 9.20 Å². The van der Waals surface area contributed by atoms with E-state index in [4.69, 9.17) is 10.5 Å². The number of thiophene rings is 2. The number of esters is 1. The van der Waals surface area contributed by atoms with Crippen molar-refractivity contribution in [3.8, 4) is 6.07 Å². The highest BCUT2D eigenvalue weighted by Crippen LogP contribution is 2.39. The minimum absolute atomic E-state index is 0.0601. The molecular formula is C22H19N3O3S3. The van der Waals surface area contributed by atoms with E-state index in [1.807, 2.05) is 38.1 Å². The molecule has 31 heavy (non-hydrogen) atoms. The van der Waals surface area contributed by atoms with Gasteiger partial charge in [0.1, 0.15) is 10.5 Å². The van der Waals surface area contributed by atoms with Gasteiger partial charge in [-0.25, -0.2) is 4.79 Å². The summed E-state index contributed by atoms with van der Waals surface area (Å²) in [6.45, 7) is 5.86. The van der Waals surface area contributed by atoms with Crippen LogP contribution in [-0.4, -0.2) is 17.1 Å². The van der Waals surface area contributed by atoms with Gasteiger partial charge in [-0.2, -0.15) is 5.26 Å². The van der Waals surface area contributed by atoms with Crippen LogP contribution in [0.1, 0.15) is 32.4 Å². The van der Waals surface area contributed by atoms with Crippen molar-refractivity contribution in [1.29, 1.82) is 5.26 Å². The summed E-state index contributed by atoms with van der Waals surface area (Å²) in [5.74, 6) is -1.16. The molecule has 0 fully saturated rings. The smallest absolute Gasteiger partial charge is 0.338 e. The second kappa shape index (κ2) is 8.30. The molecule has 158 valence electrons. The zero-order valence-electron chi connectivity index (χ0n) is 17.1. The summed E-state index contributed by atoms with van der Waals surface area (Å²) >= 11 is 4.25. The molecular weight excluding hydrogens is 450 g/mol. The summed E-state index contributed by atoms with van der Waals surface area (Å²) in [6, 6.07) is 9.88. The molecule has 0 radical (unpaired) electrons. The number of carbonyl (C=O) groups excluding carboxylic acids is 1. The Morgan fingerprint density at radius 3 is 2.52 bits per heavy atom. The van der Waals surface area contributed by atoms with Gasteiger partial charge in [-0.3, -0.25) is 9.36 Å². The average Bonchev–Trinajstić information content (AvgIpc) is 3.42. The summed E-state index contributed by atoms with van der Waals surface area (Å²) < 4.78 is 7.47. The molecule has 0 unspecified atom stereocenters. The van der Waals surface area contributed by atoms with Crippen LogP contribution in [0.2, 0.25) is 0 Å². The number of nitriles is 1. The second-order valence-electron chi connectivity index (χ2n) is 6.93. The van der Waals surface area contributed by atoms with Gasteiger partial charge in [0.15, 0.2) is 0 Å². The fraction of sp³-hybridized carbons (Fsp3) is 0.227. The van der Waals surface area contributed by atoms with Gasteiger partial charge >= 0.3 is 5.97 Å².